The fraction of sp³-hybridized carbons (Fsp3) is 0.556. The molecular weight excluding hydrogens is 450 g/mol. The molecule has 0 aliphatic carbocycles. The first-order valence-corrected chi connectivity index (χ1v) is 13.3. The van der Waals surface area contributed by atoms with Crippen LogP contribution in [0.25, 0.3) is 0 Å². The largest absolute Gasteiger partial charge is 0.756 e. The number of phosphoric ester groups is 1. The molecule has 0 aliphatic rings. The minimum absolute atomic E-state index is 0.134. The standard InChI is InChI=1S/C12H15N2O3PS.C6H15O4P/c1-3-15-18(19,16-4-2)17-14-12(10-13)11-8-6-5-7-9-11;1-5(2)9-11(7,8)10-6(3)4/h5-9H,3-4H2,1-2H3;5-6H,1-4H3,(H,7,8)/p-1/b14-12-;. The van der Waals surface area contributed by atoms with Crippen LogP contribution in [0.2, 0.25) is 0 Å². The molecule has 0 aliphatic heterocycles. The molecule has 0 heterocycles. The van der Waals surface area contributed by atoms with Crippen molar-refractivity contribution in [1.82, 2.24) is 0 Å². The van der Waals surface area contributed by atoms with E-state index in [1.165, 1.54) is 0 Å². The lowest BCUT2D eigenvalue weighted by atomic mass is 10.1. The fourth-order valence-corrected chi connectivity index (χ4v) is 4.56. The highest BCUT2D eigenvalue weighted by molar-refractivity contribution is 8.07. The quantitative estimate of drug-likeness (QED) is 0.256. The molecule has 0 spiro atoms. The third-order valence-electron chi connectivity index (χ3n) is 2.64. The Hall–Kier alpha value is -1.14. The second-order valence-electron chi connectivity index (χ2n) is 6.04. The zero-order valence-electron chi connectivity index (χ0n) is 18.0. The van der Waals surface area contributed by atoms with Gasteiger partial charge in [-0.1, -0.05) is 35.5 Å². The van der Waals surface area contributed by atoms with Gasteiger partial charge < -0.3 is 18.6 Å². The number of rotatable bonds is 11. The molecule has 9 nitrogen and oxygen atoms in total. The molecule has 0 radical (unpaired) electrons. The van der Waals surface area contributed by atoms with Gasteiger partial charge in [-0.2, -0.15) is 5.26 Å². The van der Waals surface area contributed by atoms with Crippen molar-refractivity contribution in [2.45, 2.75) is 53.8 Å². The summed E-state index contributed by atoms with van der Waals surface area (Å²) in [5, 5.41) is 12.8. The van der Waals surface area contributed by atoms with Crippen molar-refractivity contribution in [3.63, 3.8) is 0 Å². The average Bonchev–Trinajstić information content (AvgIpc) is 2.62. The van der Waals surface area contributed by atoms with Crippen molar-refractivity contribution in [2.75, 3.05) is 13.2 Å². The van der Waals surface area contributed by atoms with E-state index < -0.39 is 14.5 Å². The van der Waals surface area contributed by atoms with Gasteiger partial charge in [-0.25, -0.2) is 0 Å². The molecule has 0 saturated carbocycles. The van der Waals surface area contributed by atoms with E-state index in [1.54, 1.807) is 53.7 Å². The molecule has 0 saturated heterocycles. The first-order chi connectivity index (χ1) is 14.0. The van der Waals surface area contributed by atoms with Crippen LogP contribution in [0.4, 0.5) is 0 Å². The van der Waals surface area contributed by atoms with Crippen LogP contribution in [0.3, 0.4) is 0 Å². The molecule has 1 rings (SSSR count). The van der Waals surface area contributed by atoms with Crippen LogP contribution in [0.5, 0.6) is 0 Å². The van der Waals surface area contributed by atoms with Gasteiger partial charge in [-0.3, -0.25) is 13.6 Å². The van der Waals surface area contributed by atoms with Crippen molar-refractivity contribution in [3.8, 4) is 6.07 Å². The lowest BCUT2D eigenvalue weighted by Gasteiger charge is -2.26. The number of hydrogen-bond acceptors (Lipinski definition) is 10. The predicted octanol–water partition coefficient (Wildman–Crippen LogP) is 4.53. The van der Waals surface area contributed by atoms with Gasteiger partial charge >= 0.3 is 6.72 Å². The van der Waals surface area contributed by atoms with E-state index in [2.05, 4.69) is 14.2 Å². The maximum Gasteiger partial charge on any atom is 0.402 e. The summed E-state index contributed by atoms with van der Waals surface area (Å²) >= 11 is 5.14. The summed E-state index contributed by atoms with van der Waals surface area (Å²) in [6.07, 6.45) is -0.728. The summed E-state index contributed by atoms with van der Waals surface area (Å²) in [6, 6.07) is 10.9. The smallest absolute Gasteiger partial charge is 0.402 e. The first-order valence-electron chi connectivity index (χ1n) is 9.27. The molecule has 1 aromatic rings. The summed E-state index contributed by atoms with van der Waals surface area (Å²) in [7, 11) is -4.05. The second-order valence-corrected chi connectivity index (χ2v) is 10.3. The van der Waals surface area contributed by atoms with Gasteiger partial charge in [0, 0.05) is 17.4 Å². The monoisotopic (exact) mass is 479 g/mol. The van der Waals surface area contributed by atoms with E-state index in [-0.39, 0.29) is 17.9 Å². The maximum atomic E-state index is 10.8. The number of hydrogen-bond donors (Lipinski definition) is 0. The molecule has 0 aromatic heterocycles. The van der Waals surface area contributed by atoms with Gasteiger partial charge in [0.2, 0.25) is 0 Å². The van der Waals surface area contributed by atoms with E-state index in [1.807, 2.05) is 24.3 Å². The molecule has 12 heteroatoms. The molecule has 0 atom stereocenters. The van der Waals surface area contributed by atoms with Crippen LogP contribution in [0.15, 0.2) is 35.5 Å². The van der Waals surface area contributed by atoms with Crippen molar-refractivity contribution in [1.29, 1.82) is 5.26 Å². The van der Waals surface area contributed by atoms with E-state index in [9.17, 15) is 9.46 Å². The number of oxime groups is 1. The summed E-state index contributed by atoms with van der Waals surface area (Å²) in [5.74, 6) is 0. The van der Waals surface area contributed by atoms with Crippen LogP contribution in [0.1, 0.15) is 47.1 Å². The van der Waals surface area contributed by atoms with Crippen molar-refractivity contribution < 1.29 is 32.2 Å². The highest BCUT2D eigenvalue weighted by Crippen LogP contribution is 2.50. The summed E-state index contributed by atoms with van der Waals surface area (Å²) < 4.78 is 35.6. The number of benzene rings is 1. The van der Waals surface area contributed by atoms with Gasteiger partial charge in [0.15, 0.2) is 5.71 Å². The van der Waals surface area contributed by atoms with E-state index >= 15 is 0 Å². The molecule has 0 N–H and O–H groups in total. The van der Waals surface area contributed by atoms with Gasteiger partial charge in [0.25, 0.3) is 7.82 Å². The Balaban J connectivity index is 0.000000654. The van der Waals surface area contributed by atoms with Crippen LogP contribution >= 0.6 is 14.5 Å². The van der Waals surface area contributed by atoms with E-state index in [0.29, 0.717) is 18.8 Å². The summed E-state index contributed by atoms with van der Waals surface area (Å²) in [6.45, 7) is 7.92. The Labute approximate surface area is 183 Å². The molecule has 30 heavy (non-hydrogen) atoms. The normalized spacial score (nSPS) is 12.3. The Kier molecular flexibility index (Phi) is 14.2. The van der Waals surface area contributed by atoms with Crippen molar-refractivity contribution in [2.24, 2.45) is 5.16 Å². The topological polar surface area (TPSA) is 122 Å². The molecule has 1 aromatic carbocycles. The minimum atomic E-state index is -4.05. The zero-order valence-corrected chi connectivity index (χ0v) is 20.6. The second kappa shape index (κ2) is 14.8. The SMILES string of the molecule is CC(C)OP(=O)([O-])OC(C)C.CCOP(=S)(OCC)O/N=C(/C#N)c1ccccc1. The van der Waals surface area contributed by atoms with Crippen LogP contribution in [0, 0.1) is 11.3 Å². The average molecular weight is 479 g/mol. The van der Waals surface area contributed by atoms with Gasteiger partial charge in [-0.15, -0.1) is 0 Å². The van der Waals surface area contributed by atoms with Gasteiger partial charge in [-0.05, 0) is 41.5 Å². The Morgan fingerprint density at radius 3 is 1.93 bits per heavy atom. The maximum absolute atomic E-state index is 10.8. The van der Waals surface area contributed by atoms with Gasteiger partial charge in [0.05, 0.1) is 25.4 Å². The number of nitrogens with zero attached hydrogens (tertiary/aromatic N) is 2. The molecule has 0 fully saturated rings. The Bertz CT molecular complexity index is 758. The highest BCUT2D eigenvalue weighted by atomic mass is 32.5. The Morgan fingerprint density at radius 2 is 1.57 bits per heavy atom. The highest BCUT2D eigenvalue weighted by Gasteiger charge is 2.21. The third-order valence-corrected chi connectivity index (χ3v) is 6.26. The van der Waals surface area contributed by atoms with Crippen LogP contribution in [-0.2, 0) is 39.1 Å². The number of phosphoric acid groups is 1. The van der Waals surface area contributed by atoms with Crippen molar-refractivity contribution >= 4 is 32.1 Å². The zero-order chi connectivity index (χ0) is 23.2. The lowest BCUT2D eigenvalue weighted by molar-refractivity contribution is -0.231. The van der Waals surface area contributed by atoms with Gasteiger partial charge in [0.1, 0.15) is 6.07 Å². The third kappa shape index (κ3) is 13.2. The Morgan fingerprint density at radius 1 is 1.10 bits per heavy atom. The minimum Gasteiger partial charge on any atom is -0.756 e. The van der Waals surface area contributed by atoms with E-state index in [4.69, 9.17) is 30.7 Å². The molecule has 0 amide bonds. The number of nitriles is 1. The van der Waals surface area contributed by atoms with Crippen molar-refractivity contribution in [3.05, 3.63) is 35.9 Å². The summed E-state index contributed by atoms with van der Waals surface area (Å²) in [5.41, 5.74) is 0.786. The first kappa shape index (κ1) is 28.9. The molecule has 170 valence electrons. The lowest BCUT2D eigenvalue weighted by Crippen LogP contribution is -2.15. The molecular formula is C18H29N2O7P2S-. The predicted molar refractivity (Wildman–Crippen MR) is 117 cm³/mol. The fourth-order valence-electron chi connectivity index (χ4n) is 1.77. The van der Waals surface area contributed by atoms with Crippen LogP contribution < -0.4 is 4.89 Å². The van der Waals surface area contributed by atoms with Crippen LogP contribution in [-0.4, -0.2) is 31.1 Å². The van der Waals surface area contributed by atoms with E-state index in [0.717, 1.165) is 0 Å². The molecule has 0 unspecified atom stereocenters. The summed E-state index contributed by atoms with van der Waals surface area (Å²) in [4.78, 5) is 10.8. The molecule has 0 bridgehead atoms.